The molecule has 0 spiro atoms. The molecule has 1 aromatic heterocycles. The minimum absolute atomic E-state index is 0.709. The number of thioether (sulfide) groups is 1. The van der Waals surface area contributed by atoms with Gasteiger partial charge in [0, 0.05) is 23.7 Å². The lowest BCUT2D eigenvalue weighted by Gasteiger charge is -2.29. The molecule has 3 heteroatoms. The summed E-state index contributed by atoms with van der Waals surface area (Å²) < 4.78 is 0. The normalized spacial score (nSPS) is 25.6. The third kappa shape index (κ3) is 3.49. The number of rotatable bonds is 4. The van der Waals surface area contributed by atoms with Gasteiger partial charge in [0.15, 0.2) is 0 Å². The topological polar surface area (TPSA) is 24.9 Å². The summed E-state index contributed by atoms with van der Waals surface area (Å²) in [4.78, 5) is 4.03. The summed E-state index contributed by atoms with van der Waals surface area (Å²) in [6.45, 7) is 3.42. The number of aromatic nitrogens is 1. The molecule has 2 unspecified atom stereocenters. The highest BCUT2D eigenvalue weighted by atomic mass is 32.2. The zero-order valence-corrected chi connectivity index (χ0v) is 10.7. The molecule has 1 aromatic rings. The van der Waals surface area contributed by atoms with Crippen molar-refractivity contribution in [3.8, 4) is 0 Å². The molecule has 1 N–H and O–H groups in total. The molecule has 1 aliphatic rings. The predicted octanol–water partition coefficient (Wildman–Crippen LogP) is 2.50. The summed E-state index contributed by atoms with van der Waals surface area (Å²) >= 11 is 2.10. The summed E-state index contributed by atoms with van der Waals surface area (Å²) in [5.41, 5.74) is 1.37. The monoisotopic (exact) mass is 236 g/mol. The molecule has 2 nitrogen and oxygen atoms in total. The quantitative estimate of drug-likeness (QED) is 0.869. The van der Waals surface area contributed by atoms with Gasteiger partial charge in [-0.1, -0.05) is 6.92 Å². The van der Waals surface area contributed by atoms with Crippen LogP contribution in [-0.2, 0) is 6.42 Å². The van der Waals surface area contributed by atoms with Crippen molar-refractivity contribution in [3.63, 3.8) is 0 Å². The van der Waals surface area contributed by atoms with Gasteiger partial charge in [-0.15, -0.1) is 0 Å². The molecule has 0 saturated carbocycles. The number of hydrogen-bond donors (Lipinski definition) is 1. The van der Waals surface area contributed by atoms with Crippen molar-refractivity contribution in [2.45, 2.75) is 37.5 Å². The Morgan fingerprint density at radius 1 is 1.44 bits per heavy atom. The van der Waals surface area contributed by atoms with Crippen LogP contribution in [0.15, 0.2) is 24.5 Å². The Hall–Kier alpha value is -0.540. The molecule has 88 valence electrons. The van der Waals surface area contributed by atoms with E-state index in [1.54, 1.807) is 0 Å². The molecule has 0 aliphatic carbocycles. The predicted molar refractivity (Wildman–Crippen MR) is 70.9 cm³/mol. The van der Waals surface area contributed by atoms with Gasteiger partial charge in [0.2, 0.25) is 0 Å². The van der Waals surface area contributed by atoms with Gasteiger partial charge in [0.25, 0.3) is 0 Å². The fourth-order valence-corrected chi connectivity index (χ4v) is 3.31. The molecule has 1 aliphatic heterocycles. The first-order chi connectivity index (χ1) is 7.86. The van der Waals surface area contributed by atoms with E-state index in [1.165, 1.54) is 24.2 Å². The molecule has 2 rings (SSSR count). The van der Waals surface area contributed by atoms with Gasteiger partial charge in [-0.25, -0.2) is 0 Å². The first-order valence-electron chi connectivity index (χ1n) is 6.10. The molecular weight excluding hydrogens is 216 g/mol. The van der Waals surface area contributed by atoms with E-state index in [0.29, 0.717) is 6.04 Å². The Kier molecular flexibility index (Phi) is 4.67. The van der Waals surface area contributed by atoms with E-state index < -0.39 is 0 Å². The molecular formula is C13H20N2S. The Balaban J connectivity index is 1.71. The van der Waals surface area contributed by atoms with Crippen LogP contribution in [0.5, 0.6) is 0 Å². The van der Waals surface area contributed by atoms with Crippen molar-refractivity contribution in [2.24, 2.45) is 0 Å². The zero-order valence-electron chi connectivity index (χ0n) is 9.86. The minimum Gasteiger partial charge on any atom is -0.313 e. The average Bonchev–Trinajstić information content (AvgIpc) is 2.33. The van der Waals surface area contributed by atoms with Gasteiger partial charge in [-0.05, 0) is 49.3 Å². The fraction of sp³-hybridized carbons (Fsp3) is 0.615. The van der Waals surface area contributed by atoms with E-state index in [9.17, 15) is 0 Å². The standard InChI is InChI=1S/C13H20N2S/c1-11-13(3-2-10-16-11)15-9-6-12-4-7-14-8-5-12/h4-5,7-8,11,13,15H,2-3,6,9-10H2,1H3. The van der Waals surface area contributed by atoms with Crippen LogP contribution in [0.1, 0.15) is 25.3 Å². The van der Waals surface area contributed by atoms with Crippen LogP contribution in [-0.4, -0.2) is 28.6 Å². The van der Waals surface area contributed by atoms with Gasteiger partial charge < -0.3 is 5.32 Å². The van der Waals surface area contributed by atoms with Crippen molar-refractivity contribution in [1.29, 1.82) is 0 Å². The van der Waals surface area contributed by atoms with Gasteiger partial charge >= 0.3 is 0 Å². The highest BCUT2D eigenvalue weighted by Crippen LogP contribution is 2.24. The summed E-state index contributed by atoms with van der Waals surface area (Å²) in [6, 6.07) is 4.90. The van der Waals surface area contributed by atoms with E-state index in [2.05, 4.69) is 41.1 Å². The maximum Gasteiger partial charge on any atom is 0.0270 e. The molecule has 2 heterocycles. The second kappa shape index (κ2) is 6.26. The van der Waals surface area contributed by atoms with Gasteiger partial charge in [0.05, 0.1) is 0 Å². The SMILES string of the molecule is CC1SCCCC1NCCc1ccncc1. The maximum absolute atomic E-state index is 4.03. The van der Waals surface area contributed by atoms with Gasteiger partial charge in [-0.2, -0.15) is 11.8 Å². The van der Waals surface area contributed by atoms with E-state index >= 15 is 0 Å². The smallest absolute Gasteiger partial charge is 0.0270 e. The largest absolute Gasteiger partial charge is 0.313 e. The Bertz CT molecular complexity index is 302. The third-order valence-corrected chi connectivity index (χ3v) is 4.56. The third-order valence-electron chi connectivity index (χ3n) is 3.18. The van der Waals surface area contributed by atoms with Crippen LogP contribution in [0.25, 0.3) is 0 Å². The number of nitrogens with zero attached hydrogens (tertiary/aromatic N) is 1. The lowest BCUT2D eigenvalue weighted by molar-refractivity contribution is 0.466. The number of pyridine rings is 1. The molecule has 0 radical (unpaired) electrons. The van der Waals surface area contributed by atoms with E-state index in [4.69, 9.17) is 0 Å². The van der Waals surface area contributed by atoms with Crippen LogP contribution >= 0.6 is 11.8 Å². The second-order valence-corrected chi connectivity index (χ2v) is 5.87. The fourth-order valence-electron chi connectivity index (χ4n) is 2.14. The lowest BCUT2D eigenvalue weighted by atomic mass is 10.1. The summed E-state index contributed by atoms with van der Waals surface area (Å²) in [5.74, 6) is 1.34. The average molecular weight is 236 g/mol. The van der Waals surface area contributed by atoms with Crippen molar-refractivity contribution < 1.29 is 0 Å². The highest BCUT2D eigenvalue weighted by molar-refractivity contribution is 7.99. The molecule has 2 atom stereocenters. The van der Waals surface area contributed by atoms with Crippen molar-refractivity contribution in [1.82, 2.24) is 10.3 Å². The lowest BCUT2D eigenvalue weighted by Crippen LogP contribution is -2.40. The van der Waals surface area contributed by atoms with Crippen LogP contribution in [0.2, 0.25) is 0 Å². The van der Waals surface area contributed by atoms with E-state index in [1.807, 2.05) is 12.4 Å². The van der Waals surface area contributed by atoms with Crippen LogP contribution in [0, 0.1) is 0 Å². The summed E-state index contributed by atoms with van der Waals surface area (Å²) in [7, 11) is 0. The van der Waals surface area contributed by atoms with E-state index in [0.717, 1.165) is 18.2 Å². The van der Waals surface area contributed by atoms with Crippen molar-refractivity contribution >= 4 is 11.8 Å². The summed E-state index contributed by atoms with van der Waals surface area (Å²) in [6.07, 6.45) is 7.55. The Morgan fingerprint density at radius 3 is 3.00 bits per heavy atom. The van der Waals surface area contributed by atoms with Crippen molar-refractivity contribution in [3.05, 3.63) is 30.1 Å². The molecule has 0 bridgehead atoms. The molecule has 1 fully saturated rings. The first kappa shape index (κ1) is 11.9. The minimum atomic E-state index is 0.709. The number of nitrogens with one attached hydrogen (secondary N) is 1. The van der Waals surface area contributed by atoms with Crippen LogP contribution < -0.4 is 5.32 Å². The molecule has 16 heavy (non-hydrogen) atoms. The highest BCUT2D eigenvalue weighted by Gasteiger charge is 2.20. The zero-order chi connectivity index (χ0) is 11.2. The van der Waals surface area contributed by atoms with Gasteiger partial charge in [-0.3, -0.25) is 4.98 Å². The second-order valence-electron chi connectivity index (χ2n) is 4.38. The Labute approximate surface area is 102 Å². The number of hydrogen-bond acceptors (Lipinski definition) is 3. The summed E-state index contributed by atoms with van der Waals surface area (Å²) in [5, 5.41) is 4.45. The molecule has 1 saturated heterocycles. The molecule has 0 aromatic carbocycles. The first-order valence-corrected chi connectivity index (χ1v) is 7.15. The Morgan fingerprint density at radius 2 is 2.25 bits per heavy atom. The van der Waals surface area contributed by atoms with Crippen LogP contribution in [0.3, 0.4) is 0 Å². The van der Waals surface area contributed by atoms with Crippen molar-refractivity contribution in [2.75, 3.05) is 12.3 Å². The van der Waals surface area contributed by atoms with E-state index in [-0.39, 0.29) is 0 Å². The maximum atomic E-state index is 4.03. The van der Waals surface area contributed by atoms with Gasteiger partial charge in [0.1, 0.15) is 0 Å². The molecule has 0 amide bonds. The van der Waals surface area contributed by atoms with Crippen LogP contribution in [0.4, 0.5) is 0 Å².